The number of amides is 1. The standard InChI is InChI=1S/C14H24N2O3/c1-9-5-3-6-10(2)16(9)15-13(17)11-7-4-8-12(11)14(18)19/h9-12H,3-8H2,1-2H3,(H,15,17)(H,18,19)/t9?,10?,11-,12+/m1/s1. The molecule has 0 aromatic heterocycles. The second kappa shape index (κ2) is 5.90. The summed E-state index contributed by atoms with van der Waals surface area (Å²) in [7, 11) is 0. The minimum atomic E-state index is -0.836. The van der Waals surface area contributed by atoms with E-state index < -0.39 is 11.9 Å². The molecule has 2 N–H and O–H groups in total. The summed E-state index contributed by atoms with van der Waals surface area (Å²) >= 11 is 0. The SMILES string of the molecule is CC1CCCC(C)N1NC(=O)[C@@H]1CCC[C@@H]1C(=O)O. The predicted molar refractivity (Wildman–Crippen MR) is 71.2 cm³/mol. The van der Waals surface area contributed by atoms with Gasteiger partial charge in [0, 0.05) is 12.1 Å². The Balaban J connectivity index is 1.98. The highest BCUT2D eigenvalue weighted by atomic mass is 16.4. The Kier molecular flexibility index (Phi) is 4.45. The van der Waals surface area contributed by atoms with Crippen LogP contribution in [-0.4, -0.2) is 34.1 Å². The largest absolute Gasteiger partial charge is 0.481 e. The average Bonchev–Trinajstić information content (AvgIpc) is 2.83. The van der Waals surface area contributed by atoms with Gasteiger partial charge in [-0.15, -0.1) is 0 Å². The van der Waals surface area contributed by atoms with Gasteiger partial charge in [-0.3, -0.25) is 15.0 Å². The van der Waals surface area contributed by atoms with E-state index in [1.165, 1.54) is 6.42 Å². The van der Waals surface area contributed by atoms with Crippen LogP contribution in [0.4, 0.5) is 0 Å². The zero-order valence-electron chi connectivity index (χ0n) is 11.8. The number of carboxylic acids is 1. The first-order valence-electron chi connectivity index (χ1n) is 7.32. The van der Waals surface area contributed by atoms with Crippen molar-refractivity contribution >= 4 is 11.9 Å². The lowest BCUT2D eigenvalue weighted by molar-refractivity contribution is -0.148. The summed E-state index contributed by atoms with van der Waals surface area (Å²) in [5, 5.41) is 11.2. The van der Waals surface area contributed by atoms with E-state index in [4.69, 9.17) is 5.11 Å². The number of hydrogen-bond acceptors (Lipinski definition) is 3. The van der Waals surface area contributed by atoms with Gasteiger partial charge >= 0.3 is 5.97 Å². The Labute approximate surface area is 114 Å². The molecule has 108 valence electrons. The Morgan fingerprint density at radius 2 is 1.53 bits per heavy atom. The van der Waals surface area contributed by atoms with Crippen molar-refractivity contribution in [3.05, 3.63) is 0 Å². The molecule has 2 unspecified atom stereocenters. The minimum Gasteiger partial charge on any atom is -0.481 e. The van der Waals surface area contributed by atoms with Crippen molar-refractivity contribution in [3.8, 4) is 0 Å². The van der Waals surface area contributed by atoms with E-state index in [0.29, 0.717) is 24.9 Å². The Morgan fingerprint density at radius 3 is 2.11 bits per heavy atom. The zero-order valence-corrected chi connectivity index (χ0v) is 11.8. The molecule has 0 aromatic rings. The molecule has 2 rings (SSSR count). The van der Waals surface area contributed by atoms with Crippen molar-refractivity contribution < 1.29 is 14.7 Å². The molecule has 0 spiro atoms. The summed E-state index contributed by atoms with van der Waals surface area (Å²) in [6, 6.07) is 0.662. The fraction of sp³-hybridized carbons (Fsp3) is 0.857. The summed E-state index contributed by atoms with van der Waals surface area (Å²) < 4.78 is 0. The fourth-order valence-electron chi connectivity index (χ4n) is 3.42. The molecule has 5 nitrogen and oxygen atoms in total. The lowest BCUT2D eigenvalue weighted by Crippen LogP contribution is -2.55. The highest BCUT2D eigenvalue weighted by Crippen LogP contribution is 2.32. The molecule has 0 radical (unpaired) electrons. The second-order valence-corrected chi connectivity index (χ2v) is 5.99. The van der Waals surface area contributed by atoms with Gasteiger partial charge in [0.1, 0.15) is 0 Å². The number of hydrogen-bond donors (Lipinski definition) is 2. The van der Waals surface area contributed by atoms with Crippen molar-refractivity contribution in [1.29, 1.82) is 0 Å². The molecule has 2 fully saturated rings. The van der Waals surface area contributed by atoms with Crippen LogP contribution in [0.1, 0.15) is 52.4 Å². The van der Waals surface area contributed by atoms with Gasteiger partial charge in [0.2, 0.25) is 5.91 Å². The van der Waals surface area contributed by atoms with Crippen LogP contribution >= 0.6 is 0 Å². The zero-order chi connectivity index (χ0) is 14.0. The maximum absolute atomic E-state index is 12.3. The van der Waals surface area contributed by atoms with Crippen molar-refractivity contribution in [2.75, 3.05) is 0 Å². The third kappa shape index (κ3) is 3.08. The number of rotatable bonds is 3. The Bertz CT molecular complexity index is 349. The summed E-state index contributed by atoms with van der Waals surface area (Å²) in [6.07, 6.45) is 5.50. The number of nitrogens with one attached hydrogen (secondary N) is 1. The van der Waals surface area contributed by atoms with Crippen LogP contribution in [0.3, 0.4) is 0 Å². The molecule has 1 aliphatic carbocycles. The van der Waals surface area contributed by atoms with E-state index in [-0.39, 0.29) is 11.8 Å². The number of nitrogens with zero attached hydrogens (tertiary/aromatic N) is 1. The molecule has 0 aromatic carbocycles. The maximum atomic E-state index is 12.3. The highest BCUT2D eigenvalue weighted by molar-refractivity contribution is 5.85. The van der Waals surface area contributed by atoms with Gasteiger partial charge < -0.3 is 5.11 Å². The van der Waals surface area contributed by atoms with Crippen LogP contribution < -0.4 is 5.43 Å². The number of carboxylic acid groups (broad SMARTS) is 1. The normalized spacial score (nSPS) is 36.1. The predicted octanol–water partition coefficient (Wildman–Crippen LogP) is 1.78. The van der Waals surface area contributed by atoms with Crippen molar-refractivity contribution in [1.82, 2.24) is 10.4 Å². The molecule has 1 amide bonds. The number of carbonyl (C=O) groups is 2. The van der Waals surface area contributed by atoms with E-state index in [2.05, 4.69) is 19.3 Å². The molecule has 4 atom stereocenters. The summed E-state index contributed by atoms with van der Waals surface area (Å²) in [4.78, 5) is 23.4. The van der Waals surface area contributed by atoms with E-state index in [0.717, 1.165) is 19.3 Å². The number of carbonyl (C=O) groups excluding carboxylic acids is 1. The number of aliphatic carboxylic acids is 1. The minimum absolute atomic E-state index is 0.106. The van der Waals surface area contributed by atoms with Crippen molar-refractivity contribution in [2.24, 2.45) is 11.8 Å². The highest BCUT2D eigenvalue weighted by Gasteiger charge is 2.39. The molecule has 1 aliphatic heterocycles. The molecular formula is C14H24N2O3. The molecule has 1 heterocycles. The molecule has 0 bridgehead atoms. The van der Waals surface area contributed by atoms with Crippen LogP contribution in [0.15, 0.2) is 0 Å². The van der Waals surface area contributed by atoms with Crippen LogP contribution in [0.25, 0.3) is 0 Å². The monoisotopic (exact) mass is 268 g/mol. The molecule has 2 aliphatic rings. The van der Waals surface area contributed by atoms with E-state index in [1.807, 2.05) is 5.01 Å². The first-order chi connectivity index (χ1) is 9.00. The van der Waals surface area contributed by atoms with Gasteiger partial charge in [0.25, 0.3) is 0 Å². The first-order valence-corrected chi connectivity index (χ1v) is 7.32. The maximum Gasteiger partial charge on any atom is 0.307 e. The summed E-state index contributed by atoms with van der Waals surface area (Å²) in [5.41, 5.74) is 2.98. The molecule has 19 heavy (non-hydrogen) atoms. The molecule has 5 heteroatoms. The molecule has 1 saturated carbocycles. The number of piperidine rings is 1. The van der Waals surface area contributed by atoms with Crippen LogP contribution in [0.2, 0.25) is 0 Å². The van der Waals surface area contributed by atoms with Crippen LogP contribution in [0.5, 0.6) is 0 Å². The third-order valence-corrected chi connectivity index (χ3v) is 4.60. The smallest absolute Gasteiger partial charge is 0.307 e. The third-order valence-electron chi connectivity index (χ3n) is 4.60. The van der Waals surface area contributed by atoms with Gasteiger partial charge in [-0.05, 0) is 39.5 Å². The second-order valence-electron chi connectivity index (χ2n) is 5.99. The van der Waals surface area contributed by atoms with Crippen molar-refractivity contribution in [3.63, 3.8) is 0 Å². The Morgan fingerprint density at radius 1 is 1.00 bits per heavy atom. The lowest BCUT2D eigenvalue weighted by atomic mass is 9.95. The Hall–Kier alpha value is -1.10. The number of hydrazine groups is 1. The summed E-state index contributed by atoms with van der Waals surface area (Å²) in [6.45, 7) is 4.22. The van der Waals surface area contributed by atoms with Crippen LogP contribution in [0, 0.1) is 11.8 Å². The molecular weight excluding hydrogens is 244 g/mol. The average molecular weight is 268 g/mol. The topological polar surface area (TPSA) is 69.6 Å². The van der Waals surface area contributed by atoms with Gasteiger partial charge in [-0.2, -0.15) is 0 Å². The van der Waals surface area contributed by atoms with Gasteiger partial charge in [0.15, 0.2) is 0 Å². The quantitative estimate of drug-likeness (QED) is 0.818. The van der Waals surface area contributed by atoms with Gasteiger partial charge in [-0.25, -0.2) is 5.01 Å². The van der Waals surface area contributed by atoms with Crippen molar-refractivity contribution in [2.45, 2.75) is 64.5 Å². The fourth-order valence-corrected chi connectivity index (χ4v) is 3.42. The molecule has 1 saturated heterocycles. The van der Waals surface area contributed by atoms with Gasteiger partial charge in [-0.1, -0.05) is 12.8 Å². The van der Waals surface area contributed by atoms with Crippen LogP contribution in [-0.2, 0) is 9.59 Å². The van der Waals surface area contributed by atoms with E-state index >= 15 is 0 Å². The summed E-state index contributed by atoms with van der Waals surface area (Å²) in [5.74, 6) is -1.81. The van der Waals surface area contributed by atoms with E-state index in [9.17, 15) is 9.59 Å². The van der Waals surface area contributed by atoms with E-state index in [1.54, 1.807) is 0 Å². The van der Waals surface area contributed by atoms with Gasteiger partial charge in [0.05, 0.1) is 11.8 Å². The first kappa shape index (κ1) is 14.3. The lowest BCUT2D eigenvalue weighted by Gasteiger charge is -2.39.